The summed E-state index contributed by atoms with van der Waals surface area (Å²) in [7, 11) is 0. The highest BCUT2D eigenvalue weighted by atomic mass is 32.2. The normalized spacial score (nSPS) is 13.9. The second-order valence-electron chi connectivity index (χ2n) is 8.08. The van der Waals surface area contributed by atoms with Crippen LogP contribution in [0, 0.1) is 6.92 Å². The summed E-state index contributed by atoms with van der Waals surface area (Å²) >= 11 is 3.20. The van der Waals surface area contributed by atoms with Crippen LogP contribution >= 0.6 is 23.3 Å². The number of nitrogens with one attached hydrogen (secondary N) is 1. The second kappa shape index (κ2) is 10.9. The number of amides is 1. The van der Waals surface area contributed by atoms with E-state index in [1.54, 1.807) is 23.3 Å². The number of aromatic nitrogens is 1. The molecule has 1 amide bonds. The van der Waals surface area contributed by atoms with E-state index >= 15 is 0 Å². The number of aryl methyl sites for hydroxylation is 2. The minimum atomic E-state index is 0.115. The Hall–Kier alpha value is -2.51. The summed E-state index contributed by atoms with van der Waals surface area (Å²) in [5.41, 5.74) is 4.25. The molecule has 0 saturated carbocycles. The fourth-order valence-electron chi connectivity index (χ4n) is 3.78. The molecule has 3 aromatic rings. The van der Waals surface area contributed by atoms with E-state index in [1.807, 2.05) is 35.5 Å². The SMILES string of the molecule is CCCCc1ccc(NSc2ccc(C)c(C(=O)N3CCN(c4nccs4)CC3)c2)cc1. The highest BCUT2D eigenvalue weighted by molar-refractivity contribution is 8.00. The van der Waals surface area contributed by atoms with Crippen LogP contribution in [-0.2, 0) is 6.42 Å². The molecule has 7 heteroatoms. The summed E-state index contributed by atoms with van der Waals surface area (Å²) < 4.78 is 3.41. The molecule has 0 spiro atoms. The highest BCUT2D eigenvalue weighted by Crippen LogP contribution is 2.26. The topological polar surface area (TPSA) is 48.5 Å². The van der Waals surface area contributed by atoms with Crippen LogP contribution in [0.5, 0.6) is 0 Å². The van der Waals surface area contributed by atoms with Crippen LogP contribution in [0.25, 0.3) is 0 Å². The number of unbranched alkanes of at least 4 members (excludes halogenated alkanes) is 1. The van der Waals surface area contributed by atoms with Crippen LogP contribution in [0.3, 0.4) is 0 Å². The number of nitrogens with zero attached hydrogens (tertiary/aromatic N) is 3. The third-order valence-corrected chi connectivity index (χ3v) is 7.42. The summed E-state index contributed by atoms with van der Waals surface area (Å²) in [6.45, 7) is 7.31. The first kappa shape index (κ1) is 22.7. The first-order valence-electron chi connectivity index (χ1n) is 11.2. The highest BCUT2D eigenvalue weighted by Gasteiger charge is 2.24. The number of carbonyl (C=O) groups is 1. The van der Waals surface area contributed by atoms with Crippen LogP contribution in [0.4, 0.5) is 10.8 Å². The first-order valence-corrected chi connectivity index (χ1v) is 12.9. The number of hydrogen-bond acceptors (Lipinski definition) is 6. The van der Waals surface area contributed by atoms with Crippen LogP contribution in [0.2, 0.25) is 0 Å². The Bertz CT molecular complexity index is 1010. The molecule has 4 rings (SSSR count). The van der Waals surface area contributed by atoms with E-state index in [2.05, 4.69) is 51.9 Å². The van der Waals surface area contributed by atoms with E-state index in [-0.39, 0.29) is 5.91 Å². The number of rotatable bonds is 8. The molecular formula is C25H30N4OS2. The minimum Gasteiger partial charge on any atom is -0.345 e. The summed E-state index contributed by atoms with van der Waals surface area (Å²) in [4.78, 5) is 22.9. The van der Waals surface area contributed by atoms with Gasteiger partial charge >= 0.3 is 0 Å². The van der Waals surface area contributed by atoms with Gasteiger partial charge in [0.1, 0.15) is 0 Å². The maximum atomic E-state index is 13.2. The molecule has 0 atom stereocenters. The average molecular weight is 467 g/mol. The smallest absolute Gasteiger partial charge is 0.254 e. The zero-order valence-corrected chi connectivity index (χ0v) is 20.3. The fourth-order valence-corrected chi connectivity index (χ4v) is 5.16. The quantitative estimate of drug-likeness (QED) is 0.420. The van der Waals surface area contributed by atoms with Gasteiger partial charge in [-0.15, -0.1) is 11.3 Å². The Labute approximate surface area is 199 Å². The fraction of sp³-hybridized carbons (Fsp3) is 0.360. The van der Waals surface area contributed by atoms with Crippen molar-refractivity contribution in [2.24, 2.45) is 0 Å². The van der Waals surface area contributed by atoms with Crippen LogP contribution in [0.15, 0.2) is 58.9 Å². The number of carbonyl (C=O) groups excluding carboxylic acids is 1. The zero-order valence-electron chi connectivity index (χ0n) is 18.7. The maximum Gasteiger partial charge on any atom is 0.254 e. The number of anilines is 2. The summed E-state index contributed by atoms with van der Waals surface area (Å²) in [5, 5.41) is 3.03. The lowest BCUT2D eigenvalue weighted by Crippen LogP contribution is -2.48. The molecule has 5 nitrogen and oxygen atoms in total. The Kier molecular flexibility index (Phi) is 7.71. The summed E-state index contributed by atoms with van der Waals surface area (Å²) in [5.74, 6) is 0.115. The van der Waals surface area contributed by atoms with E-state index in [9.17, 15) is 4.79 Å². The standard InChI is InChI=1S/C25H30N4OS2/c1-3-4-5-20-7-9-21(10-8-20)27-32-22-11-6-19(2)23(18-22)24(30)28-13-15-29(16-14-28)25-26-12-17-31-25/h6-12,17-18,27H,3-5,13-16H2,1-2H3. The predicted octanol–water partition coefficient (Wildman–Crippen LogP) is 5.88. The molecule has 1 aromatic heterocycles. The van der Waals surface area contributed by atoms with Gasteiger partial charge in [-0.25, -0.2) is 4.98 Å². The van der Waals surface area contributed by atoms with Crippen molar-refractivity contribution in [3.8, 4) is 0 Å². The number of hydrogen-bond donors (Lipinski definition) is 1. The lowest BCUT2D eigenvalue weighted by molar-refractivity contribution is 0.0746. The molecule has 2 aromatic carbocycles. The van der Waals surface area contributed by atoms with Gasteiger partial charge < -0.3 is 14.5 Å². The Morgan fingerprint density at radius 2 is 1.91 bits per heavy atom. The summed E-state index contributed by atoms with van der Waals surface area (Å²) in [6.07, 6.45) is 5.40. The average Bonchev–Trinajstić information content (AvgIpc) is 3.38. The molecule has 1 aliphatic heterocycles. The molecule has 1 aliphatic rings. The molecule has 1 saturated heterocycles. The van der Waals surface area contributed by atoms with Gasteiger partial charge in [0.25, 0.3) is 5.91 Å². The van der Waals surface area contributed by atoms with E-state index in [0.29, 0.717) is 0 Å². The Balaban J connectivity index is 1.35. The van der Waals surface area contributed by atoms with Crippen LogP contribution < -0.4 is 9.62 Å². The number of benzene rings is 2. The Morgan fingerprint density at radius 1 is 1.12 bits per heavy atom. The van der Waals surface area contributed by atoms with E-state index < -0.39 is 0 Å². The third kappa shape index (κ3) is 5.64. The van der Waals surface area contributed by atoms with Crippen LogP contribution in [-0.4, -0.2) is 42.0 Å². The molecule has 168 valence electrons. The van der Waals surface area contributed by atoms with Crippen molar-refractivity contribution in [2.45, 2.75) is 38.0 Å². The van der Waals surface area contributed by atoms with Crippen molar-refractivity contribution in [1.29, 1.82) is 0 Å². The van der Waals surface area contributed by atoms with Crippen molar-refractivity contribution in [3.63, 3.8) is 0 Å². The summed E-state index contributed by atoms with van der Waals surface area (Å²) in [6, 6.07) is 14.7. The molecule has 32 heavy (non-hydrogen) atoms. The number of piperazine rings is 1. The van der Waals surface area contributed by atoms with Gasteiger partial charge in [0.2, 0.25) is 0 Å². The van der Waals surface area contributed by atoms with Crippen LogP contribution in [0.1, 0.15) is 41.3 Å². The molecule has 0 bridgehead atoms. The zero-order chi connectivity index (χ0) is 22.3. The molecule has 1 fully saturated rings. The Morgan fingerprint density at radius 3 is 2.59 bits per heavy atom. The lowest BCUT2D eigenvalue weighted by atomic mass is 10.1. The van der Waals surface area contributed by atoms with Gasteiger partial charge in [-0.2, -0.15) is 0 Å². The molecule has 2 heterocycles. The molecule has 0 unspecified atom stereocenters. The van der Waals surface area contributed by atoms with Crippen molar-refractivity contribution in [3.05, 3.63) is 70.7 Å². The van der Waals surface area contributed by atoms with E-state index in [4.69, 9.17) is 0 Å². The second-order valence-corrected chi connectivity index (χ2v) is 9.83. The lowest BCUT2D eigenvalue weighted by Gasteiger charge is -2.34. The van der Waals surface area contributed by atoms with Gasteiger partial charge in [-0.1, -0.05) is 31.5 Å². The molecule has 0 radical (unpaired) electrons. The minimum absolute atomic E-state index is 0.115. The van der Waals surface area contributed by atoms with Crippen molar-refractivity contribution in [1.82, 2.24) is 9.88 Å². The molecular weight excluding hydrogens is 436 g/mol. The first-order chi connectivity index (χ1) is 15.6. The van der Waals surface area contributed by atoms with E-state index in [0.717, 1.165) is 59.4 Å². The van der Waals surface area contributed by atoms with E-state index in [1.165, 1.54) is 18.4 Å². The molecule has 1 N–H and O–H groups in total. The largest absolute Gasteiger partial charge is 0.345 e. The third-order valence-electron chi connectivity index (χ3n) is 5.76. The van der Waals surface area contributed by atoms with Gasteiger partial charge in [0.15, 0.2) is 5.13 Å². The van der Waals surface area contributed by atoms with Gasteiger partial charge in [0.05, 0.1) is 0 Å². The van der Waals surface area contributed by atoms with Crippen molar-refractivity contribution in [2.75, 3.05) is 35.8 Å². The van der Waals surface area contributed by atoms with Crippen molar-refractivity contribution >= 4 is 40.0 Å². The molecule has 0 aliphatic carbocycles. The van der Waals surface area contributed by atoms with Crippen molar-refractivity contribution < 1.29 is 4.79 Å². The van der Waals surface area contributed by atoms with Gasteiger partial charge in [-0.05, 0) is 67.1 Å². The van der Waals surface area contributed by atoms with Gasteiger partial charge in [0, 0.05) is 53.9 Å². The maximum absolute atomic E-state index is 13.2. The van der Waals surface area contributed by atoms with Gasteiger partial charge in [-0.3, -0.25) is 4.79 Å². The monoisotopic (exact) mass is 466 g/mol. The predicted molar refractivity (Wildman–Crippen MR) is 136 cm³/mol. The number of thiazole rings is 1.